The second-order valence-electron chi connectivity index (χ2n) is 7.89. The van der Waals surface area contributed by atoms with Gasteiger partial charge in [0.1, 0.15) is 0 Å². The van der Waals surface area contributed by atoms with Gasteiger partial charge in [-0.25, -0.2) is 4.79 Å². The molecule has 1 saturated heterocycles. The average Bonchev–Trinajstić information content (AvgIpc) is 3.21. The molecule has 148 valence electrons. The normalized spacial score (nSPS) is 16.7. The second kappa shape index (κ2) is 6.85. The molecule has 29 heavy (non-hydrogen) atoms. The number of aryl methyl sites for hydroxylation is 1. The van der Waals surface area contributed by atoms with Crippen molar-refractivity contribution in [2.24, 2.45) is 0 Å². The van der Waals surface area contributed by atoms with E-state index in [2.05, 4.69) is 58.7 Å². The summed E-state index contributed by atoms with van der Waals surface area (Å²) in [6.45, 7) is 3.46. The van der Waals surface area contributed by atoms with E-state index in [0.717, 1.165) is 18.5 Å². The van der Waals surface area contributed by atoms with Gasteiger partial charge in [0.15, 0.2) is 0 Å². The molecule has 3 aromatic rings. The smallest absolute Gasteiger partial charge is 0.321 e. The molecule has 2 aliphatic rings. The van der Waals surface area contributed by atoms with E-state index in [4.69, 9.17) is 11.6 Å². The lowest BCUT2D eigenvalue weighted by Crippen LogP contribution is -2.51. The Hall–Kier alpha value is -2.92. The number of para-hydroxylation sites is 1. The zero-order valence-electron chi connectivity index (χ0n) is 16.3. The van der Waals surface area contributed by atoms with Gasteiger partial charge in [-0.05, 0) is 61.7 Å². The van der Waals surface area contributed by atoms with Crippen molar-refractivity contribution in [3.8, 4) is 5.69 Å². The van der Waals surface area contributed by atoms with Gasteiger partial charge in [0, 0.05) is 25.0 Å². The van der Waals surface area contributed by atoms with Crippen molar-refractivity contribution >= 4 is 29.0 Å². The molecule has 1 spiro atoms. The molecular formula is C23H23ClN4O. The van der Waals surface area contributed by atoms with E-state index in [0.29, 0.717) is 23.8 Å². The summed E-state index contributed by atoms with van der Waals surface area (Å²) in [6, 6.07) is 18.0. The van der Waals surface area contributed by atoms with Gasteiger partial charge in [0.05, 0.1) is 27.6 Å². The molecule has 0 bridgehead atoms. The number of likely N-dealkylation sites (tertiary alicyclic amines) is 1. The lowest BCUT2D eigenvalue weighted by atomic mass is 9.82. The first-order valence-corrected chi connectivity index (χ1v) is 10.3. The van der Waals surface area contributed by atoms with Crippen LogP contribution in [0.15, 0.2) is 60.8 Å². The molecular weight excluding hydrogens is 384 g/mol. The van der Waals surface area contributed by atoms with Crippen molar-refractivity contribution in [2.45, 2.75) is 25.3 Å². The Balaban J connectivity index is 1.36. The lowest BCUT2D eigenvalue weighted by molar-refractivity contribution is 0.174. The highest BCUT2D eigenvalue weighted by atomic mass is 35.5. The molecule has 0 unspecified atom stereocenters. The van der Waals surface area contributed by atoms with Gasteiger partial charge in [-0.3, -0.25) is 0 Å². The third kappa shape index (κ3) is 3.06. The summed E-state index contributed by atoms with van der Waals surface area (Å²) >= 11 is 6.18. The van der Waals surface area contributed by atoms with Gasteiger partial charge in [-0.2, -0.15) is 0 Å². The SMILES string of the molecule is Cc1ccc2c(c1)NC1(CCN(C(=O)Nc3ccccc3Cl)CC1)c1cccn1-2. The van der Waals surface area contributed by atoms with Gasteiger partial charge >= 0.3 is 6.03 Å². The predicted molar refractivity (Wildman–Crippen MR) is 117 cm³/mol. The number of anilines is 2. The van der Waals surface area contributed by atoms with E-state index in [-0.39, 0.29) is 11.6 Å². The Morgan fingerprint density at radius 3 is 2.69 bits per heavy atom. The van der Waals surface area contributed by atoms with E-state index in [9.17, 15) is 4.79 Å². The Morgan fingerprint density at radius 1 is 1.10 bits per heavy atom. The van der Waals surface area contributed by atoms with Crippen molar-refractivity contribution in [3.05, 3.63) is 77.1 Å². The fraction of sp³-hybridized carbons (Fsp3) is 0.261. The van der Waals surface area contributed by atoms with Crippen LogP contribution in [0, 0.1) is 6.92 Å². The van der Waals surface area contributed by atoms with Crippen LogP contribution in [0.2, 0.25) is 5.02 Å². The Kier molecular flexibility index (Phi) is 4.28. The molecule has 6 heteroatoms. The number of aromatic nitrogens is 1. The average molecular weight is 407 g/mol. The third-order valence-corrected chi connectivity index (χ3v) is 6.37. The molecule has 2 aliphatic heterocycles. The number of fused-ring (bicyclic) bond motifs is 4. The summed E-state index contributed by atoms with van der Waals surface area (Å²) in [5, 5.41) is 7.30. The molecule has 1 fully saturated rings. The van der Waals surface area contributed by atoms with Crippen molar-refractivity contribution in [1.82, 2.24) is 9.47 Å². The summed E-state index contributed by atoms with van der Waals surface area (Å²) in [4.78, 5) is 14.6. The highest BCUT2D eigenvalue weighted by Crippen LogP contribution is 2.43. The summed E-state index contributed by atoms with van der Waals surface area (Å²) < 4.78 is 2.28. The number of hydrogen-bond acceptors (Lipinski definition) is 2. The van der Waals surface area contributed by atoms with Crippen LogP contribution in [0.5, 0.6) is 0 Å². The monoisotopic (exact) mass is 406 g/mol. The van der Waals surface area contributed by atoms with E-state index in [1.165, 1.54) is 16.9 Å². The Labute approximate surface area is 175 Å². The van der Waals surface area contributed by atoms with E-state index >= 15 is 0 Å². The number of carbonyl (C=O) groups excluding carboxylic acids is 1. The van der Waals surface area contributed by atoms with Crippen LogP contribution in [-0.4, -0.2) is 28.6 Å². The molecule has 0 radical (unpaired) electrons. The molecule has 2 aromatic carbocycles. The first-order valence-electron chi connectivity index (χ1n) is 9.93. The number of benzene rings is 2. The number of hydrogen-bond donors (Lipinski definition) is 2. The minimum absolute atomic E-state index is 0.101. The fourth-order valence-corrected chi connectivity index (χ4v) is 4.68. The van der Waals surface area contributed by atoms with Gasteiger partial charge in [-0.1, -0.05) is 29.8 Å². The number of piperidine rings is 1. The highest BCUT2D eigenvalue weighted by Gasteiger charge is 2.42. The topological polar surface area (TPSA) is 49.3 Å². The quantitative estimate of drug-likeness (QED) is 0.569. The molecule has 2 N–H and O–H groups in total. The fourth-order valence-electron chi connectivity index (χ4n) is 4.49. The lowest BCUT2D eigenvalue weighted by Gasteiger charge is -2.46. The first kappa shape index (κ1) is 18.1. The molecule has 0 atom stereocenters. The molecule has 2 amide bonds. The Bertz CT molecular complexity index is 1080. The highest BCUT2D eigenvalue weighted by molar-refractivity contribution is 6.33. The summed E-state index contributed by atoms with van der Waals surface area (Å²) in [5.41, 5.74) is 5.32. The van der Waals surface area contributed by atoms with Crippen LogP contribution in [-0.2, 0) is 5.54 Å². The maximum atomic E-state index is 12.8. The maximum absolute atomic E-state index is 12.8. The number of amides is 2. The first-order chi connectivity index (χ1) is 14.1. The molecule has 5 nitrogen and oxygen atoms in total. The molecule has 0 saturated carbocycles. The maximum Gasteiger partial charge on any atom is 0.321 e. The predicted octanol–water partition coefficient (Wildman–Crippen LogP) is 5.39. The number of nitrogens with zero attached hydrogens (tertiary/aromatic N) is 2. The summed E-state index contributed by atoms with van der Waals surface area (Å²) in [5.74, 6) is 0. The molecule has 3 heterocycles. The minimum atomic E-state index is -0.161. The Morgan fingerprint density at radius 2 is 1.90 bits per heavy atom. The summed E-state index contributed by atoms with van der Waals surface area (Å²) in [7, 11) is 0. The van der Waals surface area contributed by atoms with Crippen molar-refractivity contribution in [1.29, 1.82) is 0 Å². The van der Waals surface area contributed by atoms with Crippen LogP contribution >= 0.6 is 11.6 Å². The van der Waals surface area contributed by atoms with E-state index < -0.39 is 0 Å². The van der Waals surface area contributed by atoms with Gasteiger partial charge in [-0.15, -0.1) is 0 Å². The third-order valence-electron chi connectivity index (χ3n) is 6.04. The van der Waals surface area contributed by atoms with Crippen LogP contribution in [0.3, 0.4) is 0 Å². The zero-order chi connectivity index (χ0) is 20.0. The molecule has 0 aliphatic carbocycles. The van der Waals surface area contributed by atoms with Crippen molar-refractivity contribution in [3.63, 3.8) is 0 Å². The van der Waals surface area contributed by atoms with Crippen LogP contribution < -0.4 is 10.6 Å². The number of carbonyl (C=O) groups is 1. The van der Waals surface area contributed by atoms with E-state index in [1.807, 2.05) is 23.1 Å². The largest absolute Gasteiger partial charge is 0.372 e. The summed E-state index contributed by atoms with van der Waals surface area (Å²) in [6.07, 6.45) is 3.82. The number of nitrogens with one attached hydrogen (secondary N) is 2. The van der Waals surface area contributed by atoms with Crippen LogP contribution in [0.1, 0.15) is 24.1 Å². The molecule has 5 rings (SSSR count). The zero-order valence-corrected chi connectivity index (χ0v) is 17.0. The van der Waals surface area contributed by atoms with Crippen molar-refractivity contribution in [2.75, 3.05) is 23.7 Å². The minimum Gasteiger partial charge on any atom is -0.372 e. The van der Waals surface area contributed by atoms with Crippen LogP contribution in [0.4, 0.5) is 16.2 Å². The number of rotatable bonds is 1. The standard InChI is InChI=1S/C23H23ClN4O/c1-16-8-9-20-19(15-16)26-23(21-7-4-12-28(20)21)10-13-27(14-11-23)22(29)25-18-6-3-2-5-17(18)24/h2-9,12,15,26H,10-11,13-14H2,1H3,(H,25,29). The number of urea groups is 1. The van der Waals surface area contributed by atoms with Gasteiger partial charge in [0.2, 0.25) is 0 Å². The van der Waals surface area contributed by atoms with Crippen molar-refractivity contribution < 1.29 is 4.79 Å². The second-order valence-corrected chi connectivity index (χ2v) is 8.30. The van der Waals surface area contributed by atoms with E-state index in [1.54, 1.807) is 6.07 Å². The van der Waals surface area contributed by atoms with Gasteiger partial charge in [0.25, 0.3) is 0 Å². The van der Waals surface area contributed by atoms with Crippen LogP contribution in [0.25, 0.3) is 5.69 Å². The van der Waals surface area contributed by atoms with Gasteiger partial charge < -0.3 is 20.1 Å². The molecule has 1 aromatic heterocycles. The number of halogens is 1.